The van der Waals surface area contributed by atoms with Crippen molar-refractivity contribution < 1.29 is 28.6 Å². The highest BCUT2D eigenvalue weighted by Gasteiger charge is 2.38. The first-order chi connectivity index (χ1) is 13.5. The average molecular weight is 390 g/mol. The van der Waals surface area contributed by atoms with Crippen LogP contribution in [0.25, 0.3) is 0 Å². The summed E-state index contributed by atoms with van der Waals surface area (Å²) in [5, 5.41) is 0. The lowest BCUT2D eigenvalue weighted by molar-refractivity contribution is -0.163. The summed E-state index contributed by atoms with van der Waals surface area (Å²) in [6.45, 7) is 6.07. The van der Waals surface area contributed by atoms with Crippen LogP contribution in [-0.2, 0) is 23.9 Å². The fourth-order valence-corrected chi connectivity index (χ4v) is 3.42. The van der Waals surface area contributed by atoms with E-state index in [0.717, 1.165) is 0 Å². The molecule has 28 heavy (non-hydrogen) atoms. The molecule has 2 saturated heterocycles. The molecule has 2 aliphatic heterocycles. The number of benzene rings is 1. The lowest BCUT2D eigenvalue weighted by Gasteiger charge is -2.29. The Kier molecular flexibility index (Phi) is 6.51. The second kappa shape index (κ2) is 9.05. The zero-order valence-corrected chi connectivity index (χ0v) is 16.3. The van der Waals surface area contributed by atoms with Gasteiger partial charge in [0, 0.05) is 26.1 Å². The van der Waals surface area contributed by atoms with Crippen molar-refractivity contribution in [3.05, 3.63) is 24.3 Å². The van der Waals surface area contributed by atoms with Gasteiger partial charge < -0.3 is 24.0 Å². The molecule has 8 heteroatoms. The number of para-hydroxylation sites is 2. The summed E-state index contributed by atoms with van der Waals surface area (Å²) in [6.07, 6.45) is -0.830. The summed E-state index contributed by atoms with van der Waals surface area (Å²) in [5.74, 6) is -0.940. The molecule has 0 bridgehead atoms. The highest BCUT2D eigenvalue weighted by Crippen LogP contribution is 2.33. The maximum atomic E-state index is 12.5. The summed E-state index contributed by atoms with van der Waals surface area (Å²) < 4.78 is 16.2. The van der Waals surface area contributed by atoms with E-state index in [-0.39, 0.29) is 24.8 Å². The van der Waals surface area contributed by atoms with Crippen LogP contribution in [0.5, 0.6) is 5.75 Å². The quantitative estimate of drug-likeness (QED) is 0.679. The van der Waals surface area contributed by atoms with Gasteiger partial charge in [0.25, 0.3) is 5.91 Å². The van der Waals surface area contributed by atoms with Crippen LogP contribution in [-0.4, -0.2) is 68.2 Å². The monoisotopic (exact) mass is 390 g/mol. The van der Waals surface area contributed by atoms with Crippen LogP contribution in [0.2, 0.25) is 0 Å². The van der Waals surface area contributed by atoms with Gasteiger partial charge in [0.15, 0.2) is 6.10 Å². The van der Waals surface area contributed by atoms with Crippen molar-refractivity contribution in [2.45, 2.75) is 26.4 Å². The normalized spacial score (nSPS) is 20.8. The lowest BCUT2D eigenvalue weighted by atomic mass is 10.1. The molecule has 0 unspecified atom stereocenters. The Bertz CT molecular complexity index is 731. The molecule has 0 N–H and O–H groups in total. The van der Waals surface area contributed by atoms with Gasteiger partial charge in [0.2, 0.25) is 5.91 Å². The number of esters is 1. The number of carbonyl (C=O) groups is 3. The molecule has 2 atom stereocenters. The van der Waals surface area contributed by atoms with Crippen LogP contribution in [0.15, 0.2) is 24.3 Å². The fraction of sp³-hybridized carbons (Fsp3) is 0.550. The standard InChI is InChI=1S/C20H26N2O6/c1-3-27-17-7-5-4-6-16(17)22-13-15(12-18(22)23)20(25)28-14(2)19(24)21-8-10-26-11-9-21/h4-7,14-15H,3,8-13H2,1-2H3/t14-,15+/m1/s1. The molecule has 2 amide bonds. The number of hydrogen-bond acceptors (Lipinski definition) is 6. The molecule has 0 spiro atoms. The second-order valence-corrected chi connectivity index (χ2v) is 6.82. The average Bonchev–Trinajstić information content (AvgIpc) is 3.10. The smallest absolute Gasteiger partial charge is 0.312 e. The Morgan fingerprint density at radius 2 is 1.96 bits per heavy atom. The number of amides is 2. The SMILES string of the molecule is CCOc1ccccc1N1C[C@@H](C(=O)O[C@H](C)C(=O)N2CCOCC2)CC1=O. The van der Waals surface area contributed by atoms with E-state index in [1.54, 1.807) is 28.9 Å². The largest absolute Gasteiger partial charge is 0.492 e. The zero-order chi connectivity index (χ0) is 20.1. The molecule has 152 valence electrons. The summed E-state index contributed by atoms with van der Waals surface area (Å²) in [5.41, 5.74) is 0.641. The molecule has 1 aromatic rings. The second-order valence-electron chi connectivity index (χ2n) is 6.82. The number of morpholine rings is 1. The van der Waals surface area contributed by atoms with Crippen LogP contribution in [0, 0.1) is 5.92 Å². The summed E-state index contributed by atoms with van der Waals surface area (Å²) >= 11 is 0. The van der Waals surface area contributed by atoms with E-state index in [0.29, 0.717) is 44.3 Å². The Morgan fingerprint density at radius 3 is 2.68 bits per heavy atom. The first-order valence-electron chi connectivity index (χ1n) is 9.60. The fourth-order valence-electron chi connectivity index (χ4n) is 3.42. The molecule has 8 nitrogen and oxygen atoms in total. The predicted octanol–water partition coefficient (Wildman–Crippen LogP) is 1.23. The van der Waals surface area contributed by atoms with Gasteiger partial charge in [-0.25, -0.2) is 0 Å². The van der Waals surface area contributed by atoms with Gasteiger partial charge in [-0.2, -0.15) is 0 Å². The van der Waals surface area contributed by atoms with E-state index in [1.807, 2.05) is 19.1 Å². The molecule has 0 aromatic heterocycles. The Morgan fingerprint density at radius 1 is 1.25 bits per heavy atom. The van der Waals surface area contributed by atoms with E-state index < -0.39 is 18.0 Å². The minimum atomic E-state index is -0.884. The number of hydrogen-bond donors (Lipinski definition) is 0. The van der Waals surface area contributed by atoms with Crippen LogP contribution in [0.1, 0.15) is 20.3 Å². The van der Waals surface area contributed by atoms with E-state index in [4.69, 9.17) is 14.2 Å². The van der Waals surface area contributed by atoms with Gasteiger partial charge in [0.05, 0.1) is 31.4 Å². The Hall–Kier alpha value is -2.61. The van der Waals surface area contributed by atoms with Gasteiger partial charge in [-0.1, -0.05) is 12.1 Å². The number of nitrogens with zero attached hydrogens (tertiary/aromatic N) is 2. The number of anilines is 1. The van der Waals surface area contributed by atoms with E-state index in [2.05, 4.69) is 0 Å². The molecule has 2 aliphatic rings. The summed E-state index contributed by atoms with van der Waals surface area (Å²) in [4.78, 5) is 40.6. The lowest BCUT2D eigenvalue weighted by Crippen LogP contribution is -2.46. The Balaban J connectivity index is 1.61. The highest BCUT2D eigenvalue weighted by atomic mass is 16.5. The summed E-state index contributed by atoms with van der Waals surface area (Å²) in [6, 6.07) is 7.24. The highest BCUT2D eigenvalue weighted by molar-refractivity contribution is 6.00. The minimum Gasteiger partial charge on any atom is -0.492 e. The number of carbonyl (C=O) groups excluding carboxylic acids is 3. The van der Waals surface area contributed by atoms with Crippen molar-refractivity contribution in [2.75, 3.05) is 44.4 Å². The Labute approximate surface area is 164 Å². The first-order valence-corrected chi connectivity index (χ1v) is 9.60. The molecule has 2 heterocycles. The third-order valence-corrected chi connectivity index (χ3v) is 4.88. The minimum absolute atomic E-state index is 0.0533. The first kappa shape index (κ1) is 20.1. The maximum absolute atomic E-state index is 12.5. The third kappa shape index (κ3) is 4.44. The van der Waals surface area contributed by atoms with Gasteiger partial charge in [-0.15, -0.1) is 0 Å². The van der Waals surface area contributed by atoms with Crippen molar-refractivity contribution in [1.29, 1.82) is 0 Å². The molecule has 0 radical (unpaired) electrons. The van der Waals surface area contributed by atoms with Crippen LogP contribution in [0.3, 0.4) is 0 Å². The van der Waals surface area contributed by atoms with Crippen molar-refractivity contribution in [3.8, 4) is 5.75 Å². The number of rotatable bonds is 6. The van der Waals surface area contributed by atoms with Gasteiger partial charge in [0.1, 0.15) is 5.75 Å². The molecule has 0 saturated carbocycles. The van der Waals surface area contributed by atoms with E-state index >= 15 is 0 Å². The number of ether oxygens (including phenoxy) is 3. The van der Waals surface area contributed by atoms with Crippen LogP contribution >= 0.6 is 0 Å². The van der Waals surface area contributed by atoms with Crippen LogP contribution < -0.4 is 9.64 Å². The van der Waals surface area contributed by atoms with E-state index in [9.17, 15) is 14.4 Å². The van der Waals surface area contributed by atoms with Crippen molar-refractivity contribution in [2.24, 2.45) is 5.92 Å². The van der Waals surface area contributed by atoms with Gasteiger partial charge in [-0.05, 0) is 26.0 Å². The molecule has 3 rings (SSSR count). The van der Waals surface area contributed by atoms with E-state index in [1.165, 1.54) is 0 Å². The molecule has 0 aliphatic carbocycles. The molecule has 1 aromatic carbocycles. The van der Waals surface area contributed by atoms with Crippen molar-refractivity contribution in [3.63, 3.8) is 0 Å². The van der Waals surface area contributed by atoms with Crippen molar-refractivity contribution >= 4 is 23.5 Å². The maximum Gasteiger partial charge on any atom is 0.312 e. The molecular weight excluding hydrogens is 364 g/mol. The van der Waals surface area contributed by atoms with Crippen molar-refractivity contribution in [1.82, 2.24) is 4.90 Å². The topological polar surface area (TPSA) is 85.4 Å². The van der Waals surface area contributed by atoms with Gasteiger partial charge in [-0.3, -0.25) is 14.4 Å². The van der Waals surface area contributed by atoms with Gasteiger partial charge >= 0.3 is 5.97 Å². The molecule has 2 fully saturated rings. The predicted molar refractivity (Wildman–Crippen MR) is 101 cm³/mol. The molecular formula is C20H26N2O6. The zero-order valence-electron chi connectivity index (χ0n) is 16.3. The third-order valence-electron chi connectivity index (χ3n) is 4.88. The van der Waals surface area contributed by atoms with Crippen LogP contribution in [0.4, 0.5) is 5.69 Å². The summed E-state index contributed by atoms with van der Waals surface area (Å²) in [7, 11) is 0.